The second-order valence-electron chi connectivity index (χ2n) is 2.65. The Balaban J connectivity index is 2.12. The van der Waals surface area contributed by atoms with Crippen molar-refractivity contribution in [3.05, 3.63) is 24.8 Å². The van der Waals surface area contributed by atoms with Gasteiger partial charge >= 0.3 is 0 Å². The average molecular weight is 136 g/mol. The molecule has 1 rings (SSSR count). The van der Waals surface area contributed by atoms with Gasteiger partial charge in [-0.15, -0.1) is 0 Å². The van der Waals surface area contributed by atoms with Crippen molar-refractivity contribution in [3.8, 4) is 0 Å². The lowest BCUT2D eigenvalue weighted by Crippen LogP contribution is -2.19. The molecule has 1 nitrogen and oxygen atoms in total. The molecule has 0 aromatic rings. The first kappa shape index (κ1) is 7.55. The van der Waals surface area contributed by atoms with E-state index in [1.165, 1.54) is 19.4 Å². The molecule has 1 fully saturated rings. The van der Waals surface area contributed by atoms with Gasteiger partial charge in [0.1, 0.15) is 0 Å². The molecule has 0 aliphatic carbocycles. The highest BCUT2D eigenvalue weighted by molar-refractivity contribution is 4.97. The first-order valence-electron chi connectivity index (χ1n) is 3.87. The van der Waals surface area contributed by atoms with E-state index < -0.39 is 0 Å². The lowest BCUT2D eigenvalue weighted by atomic mass is 10.1. The standard InChI is InChI=1S/C9H14N/c1-2-3-4-6-9-7-5-8-10-9/h1-4,9-10H,5-8H2. The summed E-state index contributed by atoms with van der Waals surface area (Å²) in [5.74, 6) is 0. The van der Waals surface area contributed by atoms with Crippen molar-refractivity contribution >= 4 is 0 Å². The van der Waals surface area contributed by atoms with Crippen molar-refractivity contribution < 1.29 is 0 Å². The zero-order valence-electron chi connectivity index (χ0n) is 6.22. The van der Waals surface area contributed by atoms with E-state index in [4.69, 9.17) is 6.58 Å². The van der Waals surface area contributed by atoms with Crippen LogP contribution in [0, 0.1) is 6.58 Å². The van der Waals surface area contributed by atoms with E-state index in [1.54, 1.807) is 6.08 Å². The topological polar surface area (TPSA) is 12.0 Å². The predicted octanol–water partition coefficient (Wildman–Crippen LogP) is 1.67. The molecular formula is C9H14N. The Labute approximate surface area is 62.8 Å². The summed E-state index contributed by atoms with van der Waals surface area (Å²) in [6.07, 6.45) is 9.35. The lowest BCUT2D eigenvalue weighted by Gasteiger charge is -2.03. The summed E-state index contributed by atoms with van der Waals surface area (Å²) >= 11 is 0. The quantitative estimate of drug-likeness (QED) is 0.582. The Morgan fingerprint density at radius 2 is 2.50 bits per heavy atom. The van der Waals surface area contributed by atoms with Crippen molar-refractivity contribution in [2.24, 2.45) is 0 Å². The molecule has 0 bridgehead atoms. The van der Waals surface area contributed by atoms with Crippen LogP contribution in [0.2, 0.25) is 0 Å². The third kappa shape index (κ3) is 2.36. The van der Waals surface area contributed by atoms with Crippen LogP contribution in [0.25, 0.3) is 0 Å². The van der Waals surface area contributed by atoms with Crippen LogP contribution in [0.3, 0.4) is 0 Å². The molecule has 1 heterocycles. The lowest BCUT2D eigenvalue weighted by molar-refractivity contribution is 0.614. The molecule has 1 unspecified atom stereocenters. The molecule has 0 amide bonds. The molecule has 0 aromatic heterocycles. The van der Waals surface area contributed by atoms with E-state index in [1.807, 2.05) is 6.08 Å². The monoisotopic (exact) mass is 136 g/mol. The number of nitrogens with one attached hydrogen (secondary N) is 1. The second kappa shape index (κ2) is 4.29. The largest absolute Gasteiger partial charge is 0.314 e. The van der Waals surface area contributed by atoms with Crippen LogP contribution in [-0.4, -0.2) is 12.6 Å². The third-order valence-electron chi connectivity index (χ3n) is 1.83. The number of rotatable bonds is 3. The molecule has 1 radical (unpaired) electrons. The molecule has 10 heavy (non-hydrogen) atoms. The van der Waals surface area contributed by atoms with E-state index >= 15 is 0 Å². The molecule has 1 aliphatic rings. The summed E-state index contributed by atoms with van der Waals surface area (Å²) in [5.41, 5.74) is 0. The number of hydrogen-bond donors (Lipinski definition) is 1. The third-order valence-corrected chi connectivity index (χ3v) is 1.83. The molecule has 55 valence electrons. The molecule has 1 atom stereocenters. The maximum absolute atomic E-state index is 5.18. The fraction of sp³-hybridized carbons (Fsp3) is 0.556. The molecule has 1 heteroatoms. The maximum Gasteiger partial charge on any atom is 0.0102 e. The van der Waals surface area contributed by atoms with Gasteiger partial charge in [0, 0.05) is 6.04 Å². The predicted molar refractivity (Wildman–Crippen MR) is 43.7 cm³/mol. The van der Waals surface area contributed by atoms with Gasteiger partial charge < -0.3 is 5.32 Å². The molecule has 0 spiro atoms. The highest BCUT2D eigenvalue weighted by Crippen LogP contribution is 2.08. The fourth-order valence-corrected chi connectivity index (χ4v) is 1.28. The smallest absolute Gasteiger partial charge is 0.0102 e. The molecule has 0 saturated carbocycles. The fourth-order valence-electron chi connectivity index (χ4n) is 1.28. The number of hydrogen-bond acceptors (Lipinski definition) is 1. The average Bonchev–Trinajstić information content (AvgIpc) is 2.41. The Morgan fingerprint density at radius 3 is 3.10 bits per heavy atom. The highest BCUT2D eigenvalue weighted by atomic mass is 14.9. The molecule has 1 aliphatic heterocycles. The minimum Gasteiger partial charge on any atom is -0.314 e. The van der Waals surface area contributed by atoms with Crippen LogP contribution >= 0.6 is 0 Å². The van der Waals surface area contributed by atoms with Crippen LogP contribution in [0.1, 0.15) is 19.3 Å². The van der Waals surface area contributed by atoms with E-state index in [2.05, 4.69) is 11.4 Å². The molecular weight excluding hydrogens is 122 g/mol. The van der Waals surface area contributed by atoms with Gasteiger partial charge in [0.05, 0.1) is 0 Å². The summed E-state index contributed by atoms with van der Waals surface area (Å²) in [4.78, 5) is 0. The zero-order chi connectivity index (χ0) is 7.23. The molecule has 0 aromatic carbocycles. The Morgan fingerprint density at radius 1 is 1.60 bits per heavy atom. The number of allylic oxidation sites excluding steroid dienone is 2. The van der Waals surface area contributed by atoms with E-state index in [0.717, 1.165) is 6.42 Å². The normalized spacial score (nSPS) is 25.8. The van der Waals surface area contributed by atoms with Gasteiger partial charge in [0.2, 0.25) is 0 Å². The highest BCUT2D eigenvalue weighted by Gasteiger charge is 2.10. The van der Waals surface area contributed by atoms with Gasteiger partial charge in [-0.05, 0) is 25.8 Å². The van der Waals surface area contributed by atoms with Crippen molar-refractivity contribution in [1.29, 1.82) is 0 Å². The van der Waals surface area contributed by atoms with Crippen molar-refractivity contribution in [1.82, 2.24) is 5.32 Å². The van der Waals surface area contributed by atoms with Crippen molar-refractivity contribution in [2.75, 3.05) is 6.54 Å². The van der Waals surface area contributed by atoms with Gasteiger partial charge in [0.15, 0.2) is 0 Å². The Hall–Kier alpha value is -0.560. The SMILES string of the molecule is [CH]=CC=CCC1CCCN1. The summed E-state index contributed by atoms with van der Waals surface area (Å²) in [7, 11) is 0. The van der Waals surface area contributed by atoms with Crippen LogP contribution in [0.15, 0.2) is 18.2 Å². The molecule has 1 N–H and O–H groups in total. The first-order chi connectivity index (χ1) is 4.93. The molecule has 1 saturated heterocycles. The summed E-state index contributed by atoms with van der Waals surface area (Å²) in [6, 6.07) is 0.705. The Kier molecular flexibility index (Phi) is 3.23. The van der Waals surface area contributed by atoms with Gasteiger partial charge in [-0.25, -0.2) is 0 Å². The summed E-state index contributed by atoms with van der Waals surface area (Å²) < 4.78 is 0. The van der Waals surface area contributed by atoms with E-state index in [0.29, 0.717) is 6.04 Å². The minimum atomic E-state index is 0.705. The van der Waals surface area contributed by atoms with Crippen LogP contribution in [0.4, 0.5) is 0 Å². The summed E-state index contributed by atoms with van der Waals surface area (Å²) in [5, 5.41) is 3.41. The van der Waals surface area contributed by atoms with Gasteiger partial charge in [-0.3, -0.25) is 0 Å². The van der Waals surface area contributed by atoms with Crippen molar-refractivity contribution in [2.45, 2.75) is 25.3 Å². The van der Waals surface area contributed by atoms with Crippen LogP contribution in [0.5, 0.6) is 0 Å². The summed E-state index contributed by atoms with van der Waals surface area (Å²) in [6.45, 7) is 6.37. The first-order valence-corrected chi connectivity index (χ1v) is 3.87. The van der Waals surface area contributed by atoms with Gasteiger partial charge in [-0.2, -0.15) is 0 Å². The second-order valence-corrected chi connectivity index (χ2v) is 2.65. The zero-order valence-corrected chi connectivity index (χ0v) is 6.22. The van der Waals surface area contributed by atoms with Crippen LogP contribution < -0.4 is 5.32 Å². The van der Waals surface area contributed by atoms with E-state index in [9.17, 15) is 0 Å². The van der Waals surface area contributed by atoms with Crippen LogP contribution in [-0.2, 0) is 0 Å². The van der Waals surface area contributed by atoms with Crippen molar-refractivity contribution in [3.63, 3.8) is 0 Å². The minimum absolute atomic E-state index is 0.705. The maximum atomic E-state index is 5.18. The Bertz CT molecular complexity index is 121. The van der Waals surface area contributed by atoms with Gasteiger partial charge in [0.25, 0.3) is 0 Å². The van der Waals surface area contributed by atoms with Gasteiger partial charge in [-0.1, -0.05) is 24.8 Å². The van der Waals surface area contributed by atoms with E-state index in [-0.39, 0.29) is 0 Å².